The van der Waals surface area contributed by atoms with E-state index in [1.165, 1.54) is 17.3 Å². The van der Waals surface area contributed by atoms with Crippen LogP contribution in [0, 0.1) is 0 Å². The van der Waals surface area contributed by atoms with Crippen LogP contribution in [-0.2, 0) is 11.3 Å². The number of ether oxygens (including phenoxy) is 1. The van der Waals surface area contributed by atoms with E-state index in [0.717, 1.165) is 17.1 Å². The summed E-state index contributed by atoms with van der Waals surface area (Å²) in [5, 5.41) is 7.75. The van der Waals surface area contributed by atoms with Crippen LogP contribution in [0.5, 0.6) is 11.5 Å². The number of nitrogens with zero attached hydrogens (tertiary/aromatic N) is 4. The summed E-state index contributed by atoms with van der Waals surface area (Å²) in [4.78, 5) is 15.4. The number of benzene rings is 2. The van der Waals surface area contributed by atoms with Gasteiger partial charge in [0, 0.05) is 0 Å². The summed E-state index contributed by atoms with van der Waals surface area (Å²) >= 11 is 0. The molecule has 2 aromatic carbocycles. The number of hydrazone groups is 1. The van der Waals surface area contributed by atoms with Crippen LogP contribution in [0.15, 0.2) is 72.4 Å². The maximum absolute atomic E-state index is 11.6. The number of rotatable bonds is 6. The third-order valence-electron chi connectivity index (χ3n) is 3.03. The molecule has 0 saturated heterocycles. The number of amides is 1. The average molecular weight is 321 g/mol. The van der Waals surface area contributed by atoms with Crippen molar-refractivity contribution >= 4 is 12.1 Å². The van der Waals surface area contributed by atoms with Gasteiger partial charge in [-0.1, -0.05) is 18.2 Å². The van der Waals surface area contributed by atoms with E-state index >= 15 is 0 Å². The molecule has 0 spiro atoms. The molecule has 1 N–H and O–H groups in total. The summed E-state index contributed by atoms with van der Waals surface area (Å²) in [5.41, 5.74) is 3.28. The van der Waals surface area contributed by atoms with Crippen LogP contribution in [0.3, 0.4) is 0 Å². The lowest BCUT2D eigenvalue weighted by molar-refractivity contribution is -0.121. The van der Waals surface area contributed by atoms with Gasteiger partial charge in [0.2, 0.25) is 0 Å². The van der Waals surface area contributed by atoms with Crippen molar-refractivity contribution < 1.29 is 9.53 Å². The lowest BCUT2D eigenvalue weighted by Crippen LogP contribution is -2.23. The van der Waals surface area contributed by atoms with E-state index in [2.05, 4.69) is 20.6 Å². The first-order valence-electron chi connectivity index (χ1n) is 7.27. The molecular weight excluding hydrogens is 306 g/mol. The van der Waals surface area contributed by atoms with Crippen molar-refractivity contribution in [1.82, 2.24) is 20.2 Å². The maximum atomic E-state index is 11.6. The predicted molar refractivity (Wildman–Crippen MR) is 88.7 cm³/mol. The van der Waals surface area contributed by atoms with E-state index in [1.54, 1.807) is 6.21 Å². The minimum Gasteiger partial charge on any atom is -0.457 e. The summed E-state index contributed by atoms with van der Waals surface area (Å²) < 4.78 is 7.12. The molecule has 0 unspecified atom stereocenters. The first-order valence-corrected chi connectivity index (χ1v) is 7.27. The van der Waals surface area contributed by atoms with E-state index in [9.17, 15) is 4.79 Å². The fourth-order valence-electron chi connectivity index (χ4n) is 1.92. The first-order chi connectivity index (χ1) is 11.8. The van der Waals surface area contributed by atoms with Crippen molar-refractivity contribution in [2.24, 2.45) is 5.10 Å². The van der Waals surface area contributed by atoms with Gasteiger partial charge in [0.25, 0.3) is 5.91 Å². The molecule has 1 heterocycles. The Bertz CT molecular complexity index is 799. The molecule has 24 heavy (non-hydrogen) atoms. The van der Waals surface area contributed by atoms with E-state index in [1.807, 2.05) is 54.6 Å². The van der Waals surface area contributed by atoms with Gasteiger partial charge in [0.15, 0.2) is 0 Å². The van der Waals surface area contributed by atoms with Gasteiger partial charge in [-0.3, -0.25) is 4.79 Å². The number of para-hydroxylation sites is 1. The molecular formula is C17H15N5O2. The van der Waals surface area contributed by atoms with Crippen molar-refractivity contribution in [2.75, 3.05) is 0 Å². The second-order valence-corrected chi connectivity index (χ2v) is 4.87. The fraction of sp³-hybridized carbons (Fsp3) is 0.0588. The molecule has 0 aliphatic carbocycles. The van der Waals surface area contributed by atoms with Gasteiger partial charge in [-0.2, -0.15) is 10.2 Å². The minimum atomic E-state index is -0.277. The van der Waals surface area contributed by atoms with E-state index < -0.39 is 0 Å². The quantitative estimate of drug-likeness (QED) is 0.557. The molecule has 3 aromatic rings. The van der Waals surface area contributed by atoms with Gasteiger partial charge >= 0.3 is 0 Å². The van der Waals surface area contributed by atoms with Gasteiger partial charge in [-0.25, -0.2) is 15.1 Å². The van der Waals surface area contributed by atoms with Crippen LogP contribution < -0.4 is 10.2 Å². The van der Waals surface area contributed by atoms with Crippen molar-refractivity contribution in [1.29, 1.82) is 0 Å². The zero-order valence-electron chi connectivity index (χ0n) is 12.7. The lowest BCUT2D eigenvalue weighted by atomic mass is 10.2. The molecule has 7 nitrogen and oxygen atoms in total. The number of nitrogens with one attached hydrogen (secondary N) is 1. The molecule has 3 rings (SSSR count). The largest absolute Gasteiger partial charge is 0.457 e. The number of aromatic nitrogens is 3. The standard InChI is InChI=1S/C17H15N5O2/c23-17(11-22-13-18-12-20-22)21-19-10-14-6-8-16(9-7-14)24-15-4-2-1-3-5-15/h1-10,12-13H,11H2,(H,21,23). The molecule has 0 aliphatic rings. The second kappa shape index (κ2) is 7.68. The van der Waals surface area contributed by atoms with Crippen LogP contribution in [-0.4, -0.2) is 26.9 Å². The van der Waals surface area contributed by atoms with Gasteiger partial charge in [0.05, 0.1) is 6.21 Å². The Balaban J connectivity index is 1.51. The van der Waals surface area contributed by atoms with Gasteiger partial charge in [0.1, 0.15) is 30.7 Å². The van der Waals surface area contributed by atoms with Crippen LogP contribution in [0.1, 0.15) is 5.56 Å². The zero-order chi connectivity index (χ0) is 16.6. The third kappa shape index (κ3) is 4.51. The van der Waals surface area contributed by atoms with Gasteiger partial charge in [-0.15, -0.1) is 0 Å². The maximum Gasteiger partial charge on any atom is 0.261 e. The third-order valence-corrected chi connectivity index (χ3v) is 3.03. The molecule has 120 valence electrons. The van der Waals surface area contributed by atoms with Crippen molar-refractivity contribution in [3.63, 3.8) is 0 Å². The molecule has 1 amide bonds. The lowest BCUT2D eigenvalue weighted by Gasteiger charge is -2.05. The topological polar surface area (TPSA) is 81.4 Å². The Labute approximate surface area is 138 Å². The Morgan fingerprint density at radius 2 is 1.88 bits per heavy atom. The van der Waals surface area contributed by atoms with Gasteiger partial charge in [-0.05, 0) is 42.0 Å². The molecule has 7 heteroatoms. The molecule has 0 radical (unpaired) electrons. The Morgan fingerprint density at radius 1 is 1.12 bits per heavy atom. The highest BCUT2D eigenvalue weighted by Gasteiger charge is 2.01. The van der Waals surface area contributed by atoms with E-state index in [4.69, 9.17) is 4.74 Å². The molecule has 0 atom stereocenters. The second-order valence-electron chi connectivity index (χ2n) is 4.87. The Morgan fingerprint density at radius 3 is 2.58 bits per heavy atom. The highest BCUT2D eigenvalue weighted by molar-refractivity contribution is 5.82. The van der Waals surface area contributed by atoms with Crippen LogP contribution >= 0.6 is 0 Å². The van der Waals surface area contributed by atoms with Crippen LogP contribution in [0.25, 0.3) is 0 Å². The summed E-state index contributed by atoms with van der Waals surface area (Å²) in [6.45, 7) is 0.0706. The predicted octanol–water partition coefficient (Wildman–Crippen LogP) is 2.22. The number of hydrogen-bond acceptors (Lipinski definition) is 5. The number of hydrogen-bond donors (Lipinski definition) is 1. The molecule has 0 fully saturated rings. The Kier molecular flexibility index (Phi) is 4.94. The normalized spacial score (nSPS) is 10.7. The molecule has 0 bridgehead atoms. The molecule has 0 aliphatic heterocycles. The number of carbonyl (C=O) groups is 1. The average Bonchev–Trinajstić information content (AvgIpc) is 3.10. The van der Waals surface area contributed by atoms with Crippen molar-refractivity contribution in [3.8, 4) is 11.5 Å². The SMILES string of the molecule is O=C(Cn1cncn1)NN=Cc1ccc(Oc2ccccc2)cc1. The number of carbonyl (C=O) groups excluding carboxylic acids is 1. The Hall–Kier alpha value is -3.48. The van der Waals surface area contributed by atoms with Crippen molar-refractivity contribution in [2.45, 2.75) is 6.54 Å². The van der Waals surface area contributed by atoms with Crippen LogP contribution in [0.4, 0.5) is 0 Å². The van der Waals surface area contributed by atoms with E-state index in [0.29, 0.717) is 0 Å². The first kappa shape index (κ1) is 15.4. The molecule has 1 aromatic heterocycles. The van der Waals surface area contributed by atoms with E-state index in [-0.39, 0.29) is 12.5 Å². The summed E-state index contributed by atoms with van der Waals surface area (Å²) in [6.07, 6.45) is 4.40. The summed E-state index contributed by atoms with van der Waals surface area (Å²) in [5.74, 6) is 1.23. The zero-order valence-corrected chi connectivity index (χ0v) is 12.7. The smallest absolute Gasteiger partial charge is 0.261 e. The summed E-state index contributed by atoms with van der Waals surface area (Å²) in [6, 6.07) is 16.9. The fourth-order valence-corrected chi connectivity index (χ4v) is 1.92. The van der Waals surface area contributed by atoms with Gasteiger partial charge < -0.3 is 4.74 Å². The molecule has 0 saturated carbocycles. The highest BCUT2D eigenvalue weighted by Crippen LogP contribution is 2.20. The highest BCUT2D eigenvalue weighted by atomic mass is 16.5. The monoisotopic (exact) mass is 321 g/mol. The minimum absolute atomic E-state index is 0.0706. The van der Waals surface area contributed by atoms with Crippen molar-refractivity contribution in [3.05, 3.63) is 72.8 Å². The van der Waals surface area contributed by atoms with Crippen LogP contribution in [0.2, 0.25) is 0 Å². The summed E-state index contributed by atoms with van der Waals surface area (Å²) in [7, 11) is 0.